The molecule has 0 spiro atoms. The third kappa shape index (κ3) is 3.10. The topological polar surface area (TPSA) is 58.5 Å². The maximum atomic E-state index is 9.60. The molecule has 0 atom stereocenters. The van der Waals surface area contributed by atoms with Crippen LogP contribution in [0.2, 0.25) is 0 Å². The molecule has 5 heteroatoms. The SMILES string of the molecule is CCC(CC)(CO)CN(C)c1nccnc1OC. The lowest BCUT2D eigenvalue weighted by Crippen LogP contribution is -2.38. The molecule has 0 aliphatic rings. The van der Waals surface area contributed by atoms with Crippen molar-refractivity contribution in [3.8, 4) is 5.88 Å². The normalized spacial score (nSPS) is 11.4. The van der Waals surface area contributed by atoms with Gasteiger partial charge in [0, 0.05) is 31.4 Å². The van der Waals surface area contributed by atoms with Crippen molar-refractivity contribution in [1.29, 1.82) is 0 Å². The van der Waals surface area contributed by atoms with Gasteiger partial charge in [-0.05, 0) is 12.8 Å². The van der Waals surface area contributed by atoms with Gasteiger partial charge in [0.25, 0.3) is 5.88 Å². The molecule has 0 saturated heterocycles. The highest BCUT2D eigenvalue weighted by Gasteiger charge is 2.28. The highest BCUT2D eigenvalue weighted by atomic mass is 16.5. The molecule has 18 heavy (non-hydrogen) atoms. The lowest BCUT2D eigenvalue weighted by molar-refractivity contribution is 0.121. The number of aliphatic hydroxyl groups excluding tert-OH is 1. The van der Waals surface area contributed by atoms with Crippen LogP contribution < -0.4 is 9.64 Å². The van der Waals surface area contributed by atoms with Crippen LogP contribution in [0, 0.1) is 5.41 Å². The lowest BCUT2D eigenvalue weighted by Gasteiger charge is -2.34. The van der Waals surface area contributed by atoms with Crippen LogP contribution in [0.25, 0.3) is 0 Å². The van der Waals surface area contributed by atoms with E-state index >= 15 is 0 Å². The number of ether oxygens (including phenoxy) is 1. The number of aromatic nitrogens is 2. The van der Waals surface area contributed by atoms with Crippen molar-refractivity contribution in [3.05, 3.63) is 12.4 Å². The van der Waals surface area contributed by atoms with Crippen LogP contribution in [0.1, 0.15) is 26.7 Å². The van der Waals surface area contributed by atoms with Gasteiger partial charge in [0.2, 0.25) is 0 Å². The van der Waals surface area contributed by atoms with Crippen LogP contribution in [0.5, 0.6) is 5.88 Å². The van der Waals surface area contributed by atoms with E-state index in [0.29, 0.717) is 11.7 Å². The standard InChI is InChI=1S/C13H23N3O2/c1-5-13(6-2,10-17)9-16(3)11-12(18-4)15-8-7-14-11/h7-8,17H,5-6,9-10H2,1-4H3. The minimum absolute atomic E-state index is 0.0999. The van der Waals surface area contributed by atoms with E-state index in [1.54, 1.807) is 19.5 Å². The number of methoxy groups -OCH3 is 1. The first-order chi connectivity index (χ1) is 8.62. The maximum absolute atomic E-state index is 9.60. The molecule has 0 aromatic carbocycles. The zero-order valence-electron chi connectivity index (χ0n) is 11.7. The number of hydrogen-bond acceptors (Lipinski definition) is 5. The van der Waals surface area contributed by atoms with E-state index in [1.807, 2.05) is 11.9 Å². The number of nitrogens with zero attached hydrogens (tertiary/aromatic N) is 3. The number of aliphatic hydroxyl groups is 1. The zero-order chi connectivity index (χ0) is 13.6. The zero-order valence-corrected chi connectivity index (χ0v) is 11.7. The van der Waals surface area contributed by atoms with Crippen molar-refractivity contribution in [2.24, 2.45) is 5.41 Å². The fraction of sp³-hybridized carbons (Fsp3) is 0.692. The Labute approximate surface area is 109 Å². The lowest BCUT2D eigenvalue weighted by atomic mass is 9.83. The summed E-state index contributed by atoms with van der Waals surface area (Å²) in [4.78, 5) is 10.4. The first-order valence-corrected chi connectivity index (χ1v) is 6.29. The van der Waals surface area contributed by atoms with E-state index in [0.717, 1.165) is 19.4 Å². The Balaban J connectivity index is 2.90. The Morgan fingerprint density at radius 3 is 2.39 bits per heavy atom. The smallest absolute Gasteiger partial charge is 0.257 e. The maximum Gasteiger partial charge on any atom is 0.257 e. The molecular weight excluding hydrogens is 230 g/mol. The van der Waals surface area contributed by atoms with E-state index in [9.17, 15) is 5.11 Å². The molecule has 1 aromatic rings. The summed E-state index contributed by atoms with van der Waals surface area (Å²) < 4.78 is 5.20. The average molecular weight is 253 g/mol. The van der Waals surface area contributed by atoms with Gasteiger partial charge in [-0.2, -0.15) is 0 Å². The molecule has 0 saturated carbocycles. The molecule has 0 bridgehead atoms. The molecular formula is C13H23N3O2. The second-order valence-corrected chi connectivity index (χ2v) is 4.61. The van der Waals surface area contributed by atoms with Gasteiger partial charge in [-0.3, -0.25) is 0 Å². The van der Waals surface area contributed by atoms with Crippen LogP contribution in [0.3, 0.4) is 0 Å². The largest absolute Gasteiger partial charge is 0.478 e. The van der Waals surface area contributed by atoms with E-state index in [1.165, 1.54) is 0 Å². The van der Waals surface area contributed by atoms with Gasteiger partial charge in [-0.1, -0.05) is 13.8 Å². The minimum Gasteiger partial charge on any atom is -0.478 e. The van der Waals surface area contributed by atoms with Crippen LogP contribution in [-0.2, 0) is 0 Å². The van der Waals surface area contributed by atoms with Gasteiger partial charge >= 0.3 is 0 Å². The summed E-state index contributed by atoms with van der Waals surface area (Å²) in [5.74, 6) is 1.22. The second-order valence-electron chi connectivity index (χ2n) is 4.61. The van der Waals surface area contributed by atoms with E-state index in [2.05, 4.69) is 23.8 Å². The van der Waals surface area contributed by atoms with Crippen LogP contribution >= 0.6 is 0 Å². The van der Waals surface area contributed by atoms with Crippen LogP contribution in [0.15, 0.2) is 12.4 Å². The summed E-state index contributed by atoms with van der Waals surface area (Å²) in [5, 5.41) is 9.60. The minimum atomic E-state index is -0.0999. The second kappa shape index (κ2) is 6.54. The Kier molecular flexibility index (Phi) is 5.34. The summed E-state index contributed by atoms with van der Waals surface area (Å²) in [6, 6.07) is 0. The third-order valence-corrected chi connectivity index (χ3v) is 3.61. The Bertz CT molecular complexity index is 359. The molecule has 1 heterocycles. The average Bonchev–Trinajstić information content (AvgIpc) is 2.44. The van der Waals surface area contributed by atoms with Crippen molar-refractivity contribution in [2.45, 2.75) is 26.7 Å². The van der Waals surface area contributed by atoms with Crippen molar-refractivity contribution >= 4 is 5.82 Å². The van der Waals surface area contributed by atoms with Gasteiger partial charge in [0.1, 0.15) is 0 Å². The summed E-state index contributed by atoms with van der Waals surface area (Å²) in [7, 11) is 3.53. The van der Waals surface area contributed by atoms with E-state index < -0.39 is 0 Å². The monoisotopic (exact) mass is 253 g/mol. The van der Waals surface area contributed by atoms with Crippen molar-refractivity contribution < 1.29 is 9.84 Å². The van der Waals surface area contributed by atoms with Crippen LogP contribution in [0.4, 0.5) is 5.82 Å². The van der Waals surface area contributed by atoms with Crippen molar-refractivity contribution in [3.63, 3.8) is 0 Å². The predicted molar refractivity (Wildman–Crippen MR) is 72.0 cm³/mol. The molecule has 102 valence electrons. The van der Waals surface area contributed by atoms with Crippen molar-refractivity contribution in [2.75, 3.05) is 32.2 Å². The van der Waals surface area contributed by atoms with Gasteiger partial charge in [0.15, 0.2) is 5.82 Å². The Morgan fingerprint density at radius 2 is 1.89 bits per heavy atom. The van der Waals surface area contributed by atoms with Gasteiger partial charge < -0.3 is 14.7 Å². The van der Waals surface area contributed by atoms with E-state index in [-0.39, 0.29) is 12.0 Å². The van der Waals surface area contributed by atoms with Crippen LogP contribution in [-0.4, -0.2) is 42.4 Å². The number of anilines is 1. The summed E-state index contributed by atoms with van der Waals surface area (Å²) in [5.41, 5.74) is -0.0999. The van der Waals surface area contributed by atoms with E-state index in [4.69, 9.17) is 4.74 Å². The van der Waals surface area contributed by atoms with Gasteiger partial charge in [-0.25, -0.2) is 9.97 Å². The first kappa shape index (κ1) is 14.7. The molecule has 1 aromatic heterocycles. The van der Waals surface area contributed by atoms with Crippen molar-refractivity contribution in [1.82, 2.24) is 9.97 Å². The fourth-order valence-electron chi connectivity index (χ4n) is 2.05. The summed E-state index contributed by atoms with van der Waals surface area (Å²) in [6.45, 7) is 5.10. The Hall–Kier alpha value is -1.36. The number of hydrogen-bond donors (Lipinski definition) is 1. The molecule has 0 fully saturated rings. The Morgan fingerprint density at radius 1 is 1.28 bits per heavy atom. The molecule has 1 rings (SSSR count). The first-order valence-electron chi connectivity index (χ1n) is 6.29. The highest BCUT2D eigenvalue weighted by Crippen LogP contribution is 2.30. The summed E-state index contributed by atoms with van der Waals surface area (Å²) in [6.07, 6.45) is 5.10. The molecule has 0 aliphatic carbocycles. The third-order valence-electron chi connectivity index (χ3n) is 3.61. The molecule has 0 radical (unpaired) electrons. The molecule has 0 amide bonds. The molecule has 0 unspecified atom stereocenters. The van der Waals surface area contributed by atoms with Gasteiger partial charge in [-0.15, -0.1) is 0 Å². The molecule has 0 aliphatic heterocycles. The molecule has 1 N–H and O–H groups in total. The number of rotatable bonds is 7. The predicted octanol–water partition coefficient (Wildman–Crippen LogP) is 1.72. The summed E-state index contributed by atoms with van der Waals surface area (Å²) >= 11 is 0. The fourth-order valence-corrected chi connectivity index (χ4v) is 2.05. The molecule has 5 nitrogen and oxygen atoms in total. The van der Waals surface area contributed by atoms with Gasteiger partial charge in [0.05, 0.1) is 13.7 Å². The quantitative estimate of drug-likeness (QED) is 0.802. The highest BCUT2D eigenvalue weighted by molar-refractivity contribution is 5.47.